The van der Waals surface area contributed by atoms with Crippen LogP contribution in [0.1, 0.15) is 28.8 Å². The lowest BCUT2D eigenvalue weighted by Gasteiger charge is -2.07. The van der Waals surface area contributed by atoms with E-state index in [1.54, 1.807) is 12.1 Å². The number of unbranched alkanes of at least 4 members (excludes halogenated alkanes) is 1. The van der Waals surface area contributed by atoms with E-state index in [1.165, 1.54) is 12.1 Å². The molecule has 0 saturated carbocycles. The van der Waals surface area contributed by atoms with Crippen LogP contribution in [0.15, 0.2) is 48.5 Å². The van der Waals surface area contributed by atoms with E-state index in [0.717, 1.165) is 18.4 Å². The molecule has 22 heavy (non-hydrogen) atoms. The Labute approximate surface area is 130 Å². The van der Waals surface area contributed by atoms with Crippen LogP contribution in [0.3, 0.4) is 0 Å². The maximum Gasteiger partial charge on any atom is 0.251 e. The summed E-state index contributed by atoms with van der Waals surface area (Å²) in [5.74, 6) is 0.329. The van der Waals surface area contributed by atoms with Crippen molar-refractivity contribution in [2.24, 2.45) is 0 Å². The molecule has 0 radical (unpaired) electrons. The Hall–Kier alpha value is -2.36. The molecular weight excluding hydrogens is 281 g/mol. The third-order valence-electron chi connectivity index (χ3n) is 3.25. The summed E-state index contributed by atoms with van der Waals surface area (Å²) in [5, 5.41) is 2.88. The van der Waals surface area contributed by atoms with Gasteiger partial charge in [-0.25, -0.2) is 4.39 Å². The Kier molecular flexibility index (Phi) is 5.95. The molecule has 0 aliphatic rings. The van der Waals surface area contributed by atoms with Gasteiger partial charge in [0.25, 0.3) is 5.91 Å². The van der Waals surface area contributed by atoms with Crippen molar-refractivity contribution in [1.82, 2.24) is 5.32 Å². The quantitative estimate of drug-likeness (QED) is 0.791. The molecule has 0 aromatic heterocycles. The van der Waals surface area contributed by atoms with Gasteiger partial charge in [-0.2, -0.15) is 0 Å². The largest absolute Gasteiger partial charge is 0.494 e. The van der Waals surface area contributed by atoms with Crippen molar-refractivity contribution < 1.29 is 13.9 Å². The minimum atomic E-state index is -0.272. The van der Waals surface area contributed by atoms with Crippen molar-refractivity contribution in [2.45, 2.75) is 19.8 Å². The fourth-order valence-corrected chi connectivity index (χ4v) is 1.96. The minimum Gasteiger partial charge on any atom is -0.494 e. The van der Waals surface area contributed by atoms with Gasteiger partial charge in [-0.05, 0) is 56.2 Å². The van der Waals surface area contributed by atoms with Crippen LogP contribution >= 0.6 is 0 Å². The summed E-state index contributed by atoms with van der Waals surface area (Å²) in [6.45, 7) is 3.15. The summed E-state index contributed by atoms with van der Waals surface area (Å²) in [6.07, 6.45) is 1.66. The monoisotopic (exact) mass is 301 g/mol. The van der Waals surface area contributed by atoms with Crippen LogP contribution in [0, 0.1) is 12.7 Å². The van der Waals surface area contributed by atoms with Gasteiger partial charge in [-0.1, -0.05) is 17.7 Å². The molecule has 4 heteroatoms. The van der Waals surface area contributed by atoms with Crippen molar-refractivity contribution >= 4 is 5.91 Å². The lowest BCUT2D eigenvalue weighted by Crippen LogP contribution is -2.24. The van der Waals surface area contributed by atoms with Crippen LogP contribution in [-0.2, 0) is 0 Å². The smallest absolute Gasteiger partial charge is 0.251 e. The Bertz CT molecular complexity index is 593. The molecule has 3 nitrogen and oxygen atoms in total. The normalized spacial score (nSPS) is 10.3. The molecule has 1 amide bonds. The molecule has 0 heterocycles. The van der Waals surface area contributed by atoms with Crippen molar-refractivity contribution in [3.63, 3.8) is 0 Å². The third kappa shape index (κ3) is 5.20. The number of hydrogen-bond acceptors (Lipinski definition) is 2. The van der Waals surface area contributed by atoms with E-state index < -0.39 is 0 Å². The Balaban J connectivity index is 1.60. The Morgan fingerprint density at radius 2 is 1.73 bits per heavy atom. The predicted octanol–water partition coefficient (Wildman–Crippen LogP) is 3.72. The van der Waals surface area contributed by atoms with Gasteiger partial charge in [-0.15, -0.1) is 0 Å². The van der Waals surface area contributed by atoms with Gasteiger partial charge in [0.2, 0.25) is 0 Å². The molecule has 0 aliphatic carbocycles. The van der Waals surface area contributed by atoms with Gasteiger partial charge >= 0.3 is 0 Å². The number of halogens is 1. The lowest BCUT2D eigenvalue weighted by molar-refractivity contribution is 0.0952. The Morgan fingerprint density at radius 1 is 1.05 bits per heavy atom. The average Bonchev–Trinajstić information content (AvgIpc) is 2.53. The van der Waals surface area contributed by atoms with E-state index in [9.17, 15) is 9.18 Å². The molecule has 0 unspecified atom stereocenters. The molecule has 0 fully saturated rings. The van der Waals surface area contributed by atoms with Gasteiger partial charge in [0.15, 0.2) is 0 Å². The summed E-state index contributed by atoms with van der Waals surface area (Å²) < 4.78 is 18.2. The van der Waals surface area contributed by atoms with Crippen LogP contribution in [0.2, 0.25) is 0 Å². The minimum absolute atomic E-state index is 0.0561. The standard InChI is InChI=1S/C18H20FNO2/c1-14-4-6-15(7-5-14)18(21)20-12-2-3-13-22-17-10-8-16(19)9-11-17/h4-11H,2-3,12-13H2,1H3,(H,20,21). The van der Waals surface area contributed by atoms with E-state index in [2.05, 4.69) is 5.32 Å². The van der Waals surface area contributed by atoms with Gasteiger partial charge in [0.1, 0.15) is 11.6 Å². The summed E-state index contributed by atoms with van der Waals surface area (Å²) in [6, 6.07) is 13.4. The molecule has 0 spiro atoms. The van der Waals surface area contributed by atoms with Gasteiger partial charge < -0.3 is 10.1 Å². The van der Waals surface area contributed by atoms with Crippen molar-refractivity contribution in [3.05, 3.63) is 65.5 Å². The van der Waals surface area contributed by atoms with Crippen molar-refractivity contribution in [2.75, 3.05) is 13.2 Å². The lowest BCUT2D eigenvalue weighted by atomic mass is 10.1. The zero-order chi connectivity index (χ0) is 15.8. The molecular formula is C18H20FNO2. The first kappa shape index (κ1) is 16.0. The number of amides is 1. The summed E-state index contributed by atoms with van der Waals surface area (Å²) >= 11 is 0. The second kappa shape index (κ2) is 8.17. The molecule has 0 saturated heterocycles. The van der Waals surface area contributed by atoms with Gasteiger partial charge in [0.05, 0.1) is 6.61 Å². The number of aryl methyl sites for hydroxylation is 1. The molecule has 0 bridgehead atoms. The number of hydrogen-bond donors (Lipinski definition) is 1. The number of carbonyl (C=O) groups excluding carboxylic acids is 1. The third-order valence-corrected chi connectivity index (χ3v) is 3.25. The molecule has 116 valence electrons. The SMILES string of the molecule is Cc1ccc(C(=O)NCCCCOc2ccc(F)cc2)cc1. The second-order valence-corrected chi connectivity index (χ2v) is 5.13. The van der Waals surface area contributed by atoms with Crippen molar-refractivity contribution in [3.8, 4) is 5.75 Å². The summed E-state index contributed by atoms with van der Waals surface area (Å²) in [4.78, 5) is 11.9. The average molecular weight is 301 g/mol. The zero-order valence-electron chi connectivity index (χ0n) is 12.6. The first-order valence-corrected chi connectivity index (χ1v) is 7.38. The second-order valence-electron chi connectivity index (χ2n) is 5.13. The highest BCUT2D eigenvalue weighted by atomic mass is 19.1. The first-order chi connectivity index (χ1) is 10.6. The van der Waals surface area contributed by atoms with E-state index in [0.29, 0.717) is 24.5 Å². The van der Waals surface area contributed by atoms with Crippen LogP contribution in [0.4, 0.5) is 4.39 Å². The van der Waals surface area contributed by atoms with Crippen molar-refractivity contribution in [1.29, 1.82) is 0 Å². The number of rotatable bonds is 7. The molecule has 0 aliphatic heterocycles. The van der Waals surface area contributed by atoms with E-state index in [4.69, 9.17) is 4.74 Å². The maximum atomic E-state index is 12.7. The van der Waals surface area contributed by atoms with E-state index in [1.807, 2.05) is 31.2 Å². The summed E-state index contributed by atoms with van der Waals surface area (Å²) in [5.41, 5.74) is 1.81. The fourth-order valence-electron chi connectivity index (χ4n) is 1.96. The highest BCUT2D eigenvalue weighted by Crippen LogP contribution is 2.11. The first-order valence-electron chi connectivity index (χ1n) is 7.38. The fraction of sp³-hybridized carbons (Fsp3) is 0.278. The zero-order valence-corrected chi connectivity index (χ0v) is 12.6. The highest BCUT2D eigenvalue weighted by molar-refractivity contribution is 5.94. The predicted molar refractivity (Wildman–Crippen MR) is 84.6 cm³/mol. The molecule has 2 aromatic rings. The summed E-state index contributed by atoms with van der Waals surface area (Å²) in [7, 11) is 0. The van der Waals surface area contributed by atoms with E-state index in [-0.39, 0.29) is 11.7 Å². The van der Waals surface area contributed by atoms with Gasteiger partial charge in [-0.3, -0.25) is 4.79 Å². The maximum absolute atomic E-state index is 12.7. The van der Waals surface area contributed by atoms with E-state index >= 15 is 0 Å². The van der Waals surface area contributed by atoms with Crippen LogP contribution < -0.4 is 10.1 Å². The van der Waals surface area contributed by atoms with Gasteiger partial charge in [0, 0.05) is 12.1 Å². The number of ether oxygens (including phenoxy) is 1. The molecule has 0 atom stereocenters. The molecule has 2 rings (SSSR count). The van der Waals surface area contributed by atoms with Crippen LogP contribution in [-0.4, -0.2) is 19.1 Å². The van der Waals surface area contributed by atoms with Crippen LogP contribution in [0.25, 0.3) is 0 Å². The van der Waals surface area contributed by atoms with Crippen LogP contribution in [0.5, 0.6) is 5.75 Å². The number of carbonyl (C=O) groups is 1. The highest BCUT2D eigenvalue weighted by Gasteiger charge is 2.03. The number of benzene rings is 2. The topological polar surface area (TPSA) is 38.3 Å². The Morgan fingerprint density at radius 3 is 2.41 bits per heavy atom. The molecule has 1 N–H and O–H groups in total. The number of nitrogens with one attached hydrogen (secondary N) is 1. The molecule has 2 aromatic carbocycles.